The molecule has 1 heterocycles. The minimum Gasteiger partial charge on any atom is -0.448 e. The predicted molar refractivity (Wildman–Crippen MR) is 109 cm³/mol. The molecule has 0 saturated heterocycles. The minimum atomic E-state index is -0.832. The Morgan fingerprint density at radius 2 is 1.74 bits per heavy atom. The summed E-state index contributed by atoms with van der Waals surface area (Å²) in [7, 11) is 0. The maximum absolute atomic E-state index is 12.3. The number of amides is 1. The standard InChI is InChI=1S/C22H23NO3S/c1-15(12-13-17-8-4-3-5-9-17)23-21(24)16(2)26-22(25)20-14-18-10-6-7-11-19(18)27-20/h3-11,14-16H,12-13H2,1-2H3,(H,23,24)/t15-,16-/m1/s1. The number of hydrogen-bond donors (Lipinski definition) is 1. The molecule has 1 amide bonds. The van der Waals surface area contributed by atoms with Crippen LogP contribution in [0.4, 0.5) is 0 Å². The van der Waals surface area contributed by atoms with E-state index in [-0.39, 0.29) is 11.9 Å². The predicted octanol–water partition coefficient (Wildman–Crippen LogP) is 4.58. The fourth-order valence-electron chi connectivity index (χ4n) is 2.81. The van der Waals surface area contributed by atoms with E-state index in [1.54, 1.807) is 13.0 Å². The summed E-state index contributed by atoms with van der Waals surface area (Å²) < 4.78 is 6.38. The summed E-state index contributed by atoms with van der Waals surface area (Å²) in [6.45, 7) is 3.56. The molecule has 0 aliphatic rings. The van der Waals surface area contributed by atoms with Crippen LogP contribution in [0.2, 0.25) is 0 Å². The lowest BCUT2D eigenvalue weighted by Crippen LogP contribution is -2.40. The van der Waals surface area contributed by atoms with Crippen LogP contribution in [0.3, 0.4) is 0 Å². The summed E-state index contributed by atoms with van der Waals surface area (Å²) in [5.74, 6) is -0.735. The minimum absolute atomic E-state index is 0.00295. The second kappa shape index (κ2) is 8.82. The van der Waals surface area contributed by atoms with Gasteiger partial charge in [-0.1, -0.05) is 48.5 Å². The lowest BCUT2D eigenvalue weighted by atomic mass is 10.1. The summed E-state index contributed by atoms with van der Waals surface area (Å²) in [5, 5.41) is 3.92. The molecule has 0 fully saturated rings. The molecule has 1 N–H and O–H groups in total. The lowest BCUT2D eigenvalue weighted by Gasteiger charge is -2.17. The Morgan fingerprint density at radius 3 is 2.48 bits per heavy atom. The van der Waals surface area contributed by atoms with Crippen molar-refractivity contribution in [2.45, 2.75) is 38.8 Å². The van der Waals surface area contributed by atoms with Crippen LogP contribution in [0.15, 0.2) is 60.7 Å². The third-order valence-electron chi connectivity index (χ3n) is 4.38. The van der Waals surface area contributed by atoms with Gasteiger partial charge in [0.2, 0.25) is 0 Å². The van der Waals surface area contributed by atoms with Crippen molar-refractivity contribution in [2.75, 3.05) is 0 Å². The maximum Gasteiger partial charge on any atom is 0.349 e. The van der Waals surface area contributed by atoms with E-state index in [0.717, 1.165) is 22.9 Å². The van der Waals surface area contributed by atoms with Gasteiger partial charge in [-0.25, -0.2) is 4.79 Å². The summed E-state index contributed by atoms with van der Waals surface area (Å²) in [6.07, 6.45) is 0.882. The van der Waals surface area contributed by atoms with Crippen LogP contribution < -0.4 is 5.32 Å². The Hall–Kier alpha value is -2.66. The van der Waals surface area contributed by atoms with Gasteiger partial charge in [-0.05, 0) is 49.8 Å². The topological polar surface area (TPSA) is 55.4 Å². The highest BCUT2D eigenvalue weighted by Crippen LogP contribution is 2.26. The number of ether oxygens (including phenoxy) is 1. The first-order valence-electron chi connectivity index (χ1n) is 9.07. The van der Waals surface area contributed by atoms with Gasteiger partial charge < -0.3 is 10.1 Å². The van der Waals surface area contributed by atoms with E-state index in [9.17, 15) is 9.59 Å². The van der Waals surface area contributed by atoms with Crippen LogP contribution in [0.25, 0.3) is 10.1 Å². The van der Waals surface area contributed by atoms with Crippen molar-refractivity contribution in [3.63, 3.8) is 0 Å². The fraction of sp³-hybridized carbons (Fsp3) is 0.273. The molecule has 2 aromatic carbocycles. The molecule has 3 rings (SSSR count). The normalized spacial score (nSPS) is 13.1. The van der Waals surface area contributed by atoms with E-state index in [4.69, 9.17) is 4.74 Å². The molecule has 2 atom stereocenters. The van der Waals surface area contributed by atoms with Gasteiger partial charge in [-0.3, -0.25) is 4.79 Å². The van der Waals surface area contributed by atoms with E-state index in [1.807, 2.05) is 49.4 Å². The lowest BCUT2D eigenvalue weighted by molar-refractivity contribution is -0.129. The van der Waals surface area contributed by atoms with Gasteiger partial charge in [-0.15, -0.1) is 11.3 Å². The summed E-state index contributed by atoms with van der Waals surface area (Å²) in [6, 6.07) is 19.7. The molecule has 27 heavy (non-hydrogen) atoms. The van der Waals surface area contributed by atoms with Crippen molar-refractivity contribution < 1.29 is 14.3 Å². The molecule has 0 radical (unpaired) electrons. The van der Waals surface area contributed by atoms with Crippen molar-refractivity contribution in [3.05, 3.63) is 71.1 Å². The van der Waals surface area contributed by atoms with Crippen molar-refractivity contribution in [1.29, 1.82) is 0 Å². The Kier molecular flexibility index (Phi) is 6.24. The van der Waals surface area contributed by atoms with Crippen LogP contribution in [0.5, 0.6) is 0 Å². The number of esters is 1. The van der Waals surface area contributed by atoms with Gasteiger partial charge in [0.25, 0.3) is 5.91 Å². The first-order chi connectivity index (χ1) is 13.0. The zero-order valence-corrected chi connectivity index (χ0v) is 16.3. The highest BCUT2D eigenvalue weighted by molar-refractivity contribution is 7.20. The zero-order valence-electron chi connectivity index (χ0n) is 15.5. The SMILES string of the molecule is C[C@H](CCc1ccccc1)NC(=O)[C@@H](C)OC(=O)c1cc2ccccc2s1. The van der Waals surface area contributed by atoms with E-state index >= 15 is 0 Å². The highest BCUT2D eigenvalue weighted by Gasteiger charge is 2.21. The third kappa shape index (κ3) is 5.17. The molecule has 0 spiro atoms. The number of nitrogens with one attached hydrogen (secondary N) is 1. The number of thiophene rings is 1. The number of carbonyl (C=O) groups excluding carboxylic acids is 2. The molecule has 0 bridgehead atoms. The molecular formula is C22H23NO3S. The van der Waals surface area contributed by atoms with Crippen molar-refractivity contribution in [2.24, 2.45) is 0 Å². The first kappa shape index (κ1) is 19.1. The molecule has 5 heteroatoms. The Morgan fingerprint density at radius 1 is 1.04 bits per heavy atom. The molecule has 0 aliphatic carbocycles. The van der Waals surface area contributed by atoms with Crippen molar-refractivity contribution in [1.82, 2.24) is 5.32 Å². The van der Waals surface area contributed by atoms with E-state index in [2.05, 4.69) is 17.4 Å². The zero-order chi connectivity index (χ0) is 19.2. The van der Waals surface area contributed by atoms with Gasteiger partial charge in [0.15, 0.2) is 6.10 Å². The van der Waals surface area contributed by atoms with Crippen LogP contribution in [-0.2, 0) is 16.0 Å². The number of hydrogen-bond acceptors (Lipinski definition) is 4. The molecule has 1 aromatic heterocycles. The second-order valence-electron chi connectivity index (χ2n) is 6.63. The van der Waals surface area contributed by atoms with Crippen LogP contribution >= 0.6 is 11.3 Å². The second-order valence-corrected chi connectivity index (χ2v) is 7.71. The van der Waals surface area contributed by atoms with E-state index < -0.39 is 12.1 Å². The van der Waals surface area contributed by atoms with Gasteiger partial charge >= 0.3 is 5.97 Å². The first-order valence-corrected chi connectivity index (χ1v) is 9.88. The molecule has 4 nitrogen and oxygen atoms in total. The molecule has 0 aliphatic heterocycles. The Balaban J connectivity index is 1.49. The smallest absolute Gasteiger partial charge is 0.349 e. The van der Waals surface area contributed by atoms with Gasteiger partial charge in [0.05, 0.1) is 0 Å². The summed E-state index contributed by atoms with van der Waals surface area (Å²) >= 11 is 1.37. The molecule has 0 saturated carbocycles. The van der Waals surface area contributed by atoms with E-state index in [1.165, 1.54) is 16.9 Å². The number of benzene rings is 2. The molecule has 0 unspecified atom stereocenters. The largest absolute Gasteiger partial charge is 0.448 e. The average molecular weight is 381 g/mol. The number of aryl methyl sites for hydroxylation is 1. The number of rotatable bonds is 7. The molecule has 140 valence electrons. The number of fused-ring (bicyclic) bond motifs is 1. The van der Waals surface area contributed by atoms with Gasteiger partial charge in [0.1, 0.15) is 4.88 Å². The summed E-state index contributed by atoms with van der Waals surface area (Å²) in [4.78, 5) is 25.2. The molecular weight excluding hydrogens is 358 g/mol. The van der Waals surface area contributed by atoms with Crippen LogP contribution in [0, 0.1) is 0 Å². The quantitative estimate of drug-likeness (QED) is 0.609. The van der Waals surface area contributed by atoms with Crippen molar-refractivity contribution in [3.8, 4) is 0 Å². The number of carbonyl (C=O) groups is 2. The van der Waals surface area contributed by atoms with Crippen LogP contribution in [-0.4, -0.2) is 24.0 Å². The van der Waals surface area contributed by atoms with Gasteiger partial charge in [-0.2, -0.15) is 0 Å². The van der Waals surface area contributed by atoms with Gasteiger partial charge in [0, 0.05) is 10.7 Å². The molecule has 3 aromatic rings. The highest BCUT2D eigenvalue weighted by atomic mass is 32.1. The maximum atomic E-state index is 12.3. The Labute approximate surface area is 163 Å². The van der Waals surface area contributed by atoms with E-state index in [0.29, 0.717) is 4.88 Å². The third-order valence-corrected chi connectivity index (χ3v) is 5.47. The average Bonchev–Trinajstić information content (AvgIpc) is 3.11. The summed E-state index contributed by atoms with van der Waals surface area (Å²) in [5.41, 5.74) is 1.24. The fourth-order valence-corrected chi connectivity index (χ4v) is 3.76. The monoisotopic (exact) mass is 381 g/mol. The van der Waals surface area contributed by atoms with Crippen LogP contribution in [0.1, 0.15) is 35.5 Å². The Bertz CT molecular complexity index is 886. The van der Waals surface area contributed by atoms with Crippen molar-refractivity contribution >= 4 is 33.3 Å².